The highest BCUT2D eigenvalue weighted by Crippen LogP contribution is 2.27. The first kappa shape index (κ1) is 17.9. The van der Waals surface area contributed by atoms with Crippen molar-refractivity contribution in [3.05, 3.63) is 29.6 Å². The van der Waals surface area contributed by atoms with Gasteiger partial charge in [-0.25, -0.2) is 4.39 Å². The largest absolute Gasteiger partial charge is 0.490 e. The second-order valence-corrected chi connectivity index (χ2v) is 6.54. The number of aryl methyl sites for hydroxylation is 1. The number of halogens is 1. The SMILES string of the molecule is CCN[C@H]1C[C@@H](Oc2cc(F)cc(CCC(=O)C(C)CC)c2)C1. The molecule has 3 nitrogen and oxygen atoms in total. The van der Waals surface area contributed by atoms with Crippen molar-refractivity contribution < 1.29 is 13.9 Å². The van der Waals surface area contributed by atoms with Crippen LogP contribution in [0.4, 0.5) is 4.39 Å². The smallest absolute Gasteiger partial charge is 0.136 e. The number of carbonyl (C=O) groups is 1. The third-order valence-electron chi connectivity index (χ3n) is 4.64. The van der Waals surface area contributed by atoms with Crippen molar-refractivity contribution in [2.75, 3.05) is 6.54 Å². The summed E-state index contributed by atoms with van der Waals surface area (Å²) in [4.78, 5) is 11.9. The molecule has 1 aliphatic carbocycles. The van der Waals surface area contributed by atoms with Gasteiger partial charge in [0.25, 0.3) is 0 Å². The quantitative estimate of drug-likeness (QED) is 0.750. The molecule has 1 fully saturated rings. The minimum absolute atomic E-state index is 0.0808. The molecule has 0 bridgehead atoms. The van der Waals surface area contributed by atoms with Gasteiger partial charge >= 0.3 is 0 Å². The van der Waals surface area contributed by atoms with Gasteiger partial charge in [0.05, 0.1) is 0 Å². The topological polar surface area (TPSA) is 38.3 Å². The van der Waals surface area contributed by atoms with Gasteiger partial charge in [-0.1, -0.05) is 20.8 Å². The summed E-state index contributed by atoms with van der Waals surface area (Å²) in [7, 11) is 0. The third-order valence-corrected chi connectivity index (χ3v) is 4.64. The van der Waals surface area contributed by atoms with E-state index in [4.69, 9.17) is 4.74 Å². The van der Waals surface area contributed by atoms with Gasteiger partial charge < -0.3 is 10.1 Å². The molecule has 1 atom stereocenters. The fourth-order valence-electron chi connectivity index (χ4n) is 2.88. The molecule has 128 valence electrons. The van der Waals surface area contributed by atoms with Gasteiger partial charge in [0.1, 0.15) is 23.5 Å². The van der Waals surface area contributed by atoms with Crippen LogP contribution >= 0.6 is 0 Å². The van der Waals surface area contributed by atoms with Crippen molar-refractivity contribution in [2.24, 2.45) is 5.92 Å². The molecule has 1 unspecified atom stereocenters. The van der Waals surface area contributed by atoms with Crippen LogP contribution in [0.3, 0.4) is 0 Å². The van der Waals surface area contributed by atoms with Crippen molar-refractivity contribution in [2.45, 2.75) is 65.0 Å². The Balaban J connectivity index is 1.88. The molecule has 1 saturated carbocycles. The van der Waals surface area contributed by atoms with Gasteiger partial charge in [-0.3, -0.25) is 4.79 Å². The van der Waals surface area contributed by atoms with E-state index in [1.165, 1.54) is 12.1 Å². The molecule has 23 heavy (non-hydrogen) atoms. The van der Waals surface area contributed by atoms with Crippen LogP contribution in [-0.4, -0.2) is 24.5 Å². The lowest BCUT2D eigenvalue weighted by Gasteiger charge is -2.35. The standard InChI is InChI=1S/C19H28FNO2/c1-4-13(3)19(22)7-6-14-8-15(20)10-17(9-14)23-18-11-16(12-18)21-5-2/h8-10,13,16,18,21H,4-7,11-12H2,1-3H3/t13?,16-,18+. The Morgan fingerprint density at radius 1 is 1.35 bits per heavy atom. The lowest BCUT2D eigenvalue weighted by Crippen LogP contribution is -2.46. The minimum atomic E-state index is -0.295. The number of hydrogen-bond donors (Lipinski definition) is 1. The second-order valence-electron chi connectivity index (χ2n) is 6.54. The maximum absolute atomic E-state index is 13.8. The number of hydrogen-bond acceptors (Lipinski definition) is 3. The molecular formula is C19H28FNO2. The fraction of sp³-hybridized carbons (Fsp3) is 0.632. The lowest BCUT2D eigenvalue weighted by atomic mass is 9.89. The fourth-order valence-corrected chi connectivity index (χ4v) is 2.88. The molecule has 0 aliphatic heterocycles. The van der Waals surface area contributed by atoms with Crippen LogP contribution in [0.1, 0.15) is 52.0 Å². The van der Waals surface area contributed by atoms with E-state index < -0.39 is 0 Å². The monoisotopic (exact) mass is 321 g/mol. The van der Waals surface area contributed by atoms with Crippen LogP contribution in [0.2, 0.25) is 0 Å². The van der Waals surface area contributed by atoms with Gasteiger partial charge in [0.15, 0.2) is 0 Å². The predicted octanol–water partition coefficient (Wildman–Crippen LogP) is 3.89. The zero-order chi connectivity index (χ0) is 16.8. The average Bonchev–Trinajstić information content (AvgIpc) is 2.49. The zero-order valence-corrected chi connectivity index (χ0v) is 14.4. The van der Waals surface area contributed by atoms with Crippen molar-refractivity contribution >= 4 is 5.78 Å². The molecule has 2 rings (SSSR count). The van der Waals surface area contributed by atoms with E-state index in [1.807, 2.05) is 19.9 Å². The molecule has 0 amide bonds. The summed E-state index contributed by atoms with van der Waals surface area (Å²) in [6.45, 7) is 7.01. The molecule has 4 heteroatoms. The lowest BCUT2D eigenvalue weighted by molar-refractivity contribution is -0.122. The van der Waals surface area contributed by atoms with Gasteiger partial charge in [0.2, 0.25) is 0 Å². The molecule has 0 heterocycles. The number of Topliss-reactive ketones (excluding diaryl/α,β-unsaturated/α-hetero) is 1. The molecule has 1 aromatic carbocycles. The van der Waals surface area contributed by atoms with Crippen molar-refractivity contribution in [3.8, 4) is 5.75 Å². The zero-order valence-electron chi connectivity index (χ0n) is 14.4. The highest BCUT2D eigenvalue weighted by atomic mass is 19.1. The Labute approximate surface area is 138 Å². The van der Waals surface area contributed by atoms with Crippen LogP contribution in [-0.2, 0) is 11.2 Å². The highest BCUT2D eigenvalue weighted by Gasteiger charge is 2.30. The summed E-state index contributed by atoms with van der Waals surface area (Å²) < 4.78 is 19.6. The summed E-state index contributed by atoms with van der Waals surface area (Å²) in [6.07, 6.45) is 3.98. The first-order chi connectivity index (χ1) is 11.0. The van der Waals surface area contributed by atoms with E-state index in [2.05, 4.69) is 12.2 Å². The first-order valence-electron chi connectivity index (χ1n) is 8.74. The number of ether oxygens (including phenoxy) is 1. The normalized spacial score (nSPS) is 21.6. The number of benzene rings is 1. The Hall–Kier alpha value is -1.42. The number of rotatable bonds is 9. The maximum Gasteiger partial charge on any atom is 0.136 e. The van der Waals surface area contributed by atoms with Crippen LogP contribution < -0.4 is 10.1 Å². The van der Waals surface area contributed by atoms with Crippen LogP contribution in [0.15, 0.2) is 18.2 Å². The highest BCUT2D eigenvalue weighted by molar-refractivity contribution is 5.80. The number of ketones is 1. The van der Waals surface area contributed by atoms with E-state index >= 15 is 0 Å². The van der Waals surface area contributed by atoms with E-state index in [0.717, 1.165) is 31.4 Å². The molecule has 0 spiro atoms. The molecule has 1 aliphatic rings. The van der Waals surface area contributed by atoms with Crippen molar-refractivity contribution in [3.63, 3.8) is 0 Å². The average molecular weight is 321 g/mol. The van der Waals surface area contributed by atoms with Gasteiger partial charge in [-0.05, 0) is 49.9 Å². The summed E-state index contributed by atoms with van der Waals surface area (Å²) in [6, 6.07) is 5.32. The Bertz CT molecular complexity index is 526. The van der Waals surface area contributed by atoms with Crippen molar-refractivity contribution in [1.29, 1.82) is 0 Å². The van der Waals surface area contributed by atoms with Gasteiger partial charge in [-0.2, -0.15) is 0 Å². The molecule has 0 aromatic heterocycles. The van der Waals surface area contributed by atoms with Crippen LogP contribution in [0.5, 0.6) is 5.75 Å². The predicted molar refractivity (Wildman–Crippen MR) is 90.3 cm³/mol. The summed E-state index contributed by atoms with van der Waals surface area (Å²) >= 11 is 0. The van der Waals surface area contributed by atoms with Gasteiger partial charge in [0, 0.05) is 24.4 Å². The second kappa shape index (κ2) is 8.44. The van der Waals surface area contributed by atoms with Crippen LogP contribution in [0, 0.1) is 11.7 Å². The Morgan fingerprint density at radius 3 is 2.74 bits per heavy atom. The molecule has 1 aromatic rings. The molecule has 0 saturated heterocycles. The number of carbonyl (C=O) groups excluding carboxylic acids is 1. The summed E-state index contributed by atoms with van der Waals surface area (Å²) in [5.41, 5.74) is 0.833. The minimum Gasteiger partial charge on any atom is -0.490 e. The molecular weight excluding hydrogens is 293 g/mol. The van der Waals surface area contributed by atoms with E-state index in [-0.39, 0.29) is 23.6 Å². The summed E-state index contributed by atoms with van der Waals surface area (Å²) in [5, 5.41) is 3.38. The first-order valence-corrected chi connectivity index (χ1v) is 8.74. The Morgan fingerprint density at radius 2 is 2.09 bits per heavy atom. The number of nitrogens with one attached hydrogen (secondary N) is 1. The van der Waals surface area contributed by atoms with E-state index in [0.29, 0.717) is 24.6 Å². The van der Waals surface area contributed by atoms with Crippen LogP contribution in [0.25, 0.3) is 0 Å². The van der Waals surface area contributed by atoms with E-state index in [1.54, 1.807) is 0 Å². The van der Waals surface area contributed by atoms with Crippen molar-refractivity contribution in [1.82, 2.24) is 5.32 Å². The molecule has 0 radical (unpaired) electrons. The Kier molecular flexibility index (Phi) is 6.58. The van der Waals surface area contributed by atoms with E-state index in [9.17, 15) is 9.18 Å². The van der Waals surface area contributed by atoms with Gasteiger partial charge in [-0.15, -0.1) is 0 Å². The maximum atomic E-state index is 13.8. The summed E-state index contributed by atoms with van der Waals surface area (Å²) in [5.74, 6) is 0.607. The molecule has 1 N–H and O–H groups in total. The third kappa shape index (κ3) is 5.31.